The minimum Gasteiger partial charge on any atom is -0.486 e. The molecule has 0 bridgehead atoms. The molecule has 1 aliphatic carbocycles. The van der Waals surface area contributed by atoms with Crippen LogP contribution in [-0.4, -0.2) is 65.4 Å². The number of aryl methyl sites for hydroxylation is 1. The highest BCUT2D eigenvalue weighted by Crippen LogP contribution is 2.39. The van der Waals surface area contributed by atoms with E-state index >= 15 is 0 Å². The normalized spacial score (nSPS) is 17.4. The third-order valence-corrected chi connectivity index (χ3v) is 10.4. The summed E-state index contributed by atoms with van der Waals surface area (Å²) in [5.74, 6) is -1.39. The number of piperidine rings is 1. The average molecular weight is 785 g/mol. The third-order valence-electron chi connectivity index (χ3n) is 9.67. The summed E-state index contributed by atoms with van der Waals surface area (Å²) in [6.07, 6.45) is 3.66. The fourth-order valence-electron chi connectivity index (χ4n) is 6.82. The Morgan fingerprint density at radius 1 is 1.00 bits per heavy atom. The second-order valence-corrected chi connectivity index (χ2v) is 15.7. The molecule has 13 heteroatoms. The smallest absolute Gasteiger partial charge is 0.410 e. The number of carbonyl (C=O) groups excluding carboxylic acids is 2. The van der Waals surface area contributed by atoms with Gasteiger partial charge in [-0.15, -0.1) is 0 Å². The molecule has 2 fully saturated rings. The number of amides is 2. The van der Waals surface area contributed by atoms with Crippen molar-refractivity contribution >= 4 is 35.2 Å². The third kappa shape index (κ3) is 9.72. The van der Waals surface area contributed by atoms with Crippen LogP contribution in [-0.2, 0) is 33.8 Å². The molecule has 2 aliphatic rings. The van der Waals surface area contributed by atoms with Crippen LogP contribution in [0.3, 0.4) is 0 Å². The first-order chi connectivity index (χ1) is 25.8. The molecule has 0 N–H and O–H groups in total. The lowest BCUT2D eigenvalue weighted by atomic mass is 9.79. The van der Waals surface area contributed by atoms with Crippen LogP contribution in [0.1, 0.15) is 74.8 Å². The number of benzene rings is 3. The lowest BCUT2D eigenvalue weighted by Crippen LogP contribution is -2.51. The SMILES string of the molecule is COCCCc1ccc(Cl)c(CN(C(=O)[C@H]2CN(C(=O)OC(C)(C)C)CC[C@@H]2c2ccc(OCc3cc(-c4c(F)ccc(F)c4Cl)no3)cc2)C2CC2)c1. The van der Waals surface area contributed by atoms with Crippen molar-refractivity contribution in [3.05, 3.63) is 105 Å². The molecular formula is C41H45Cl2F2N3O6. The molecule has 9 nitrogen and oxygen atoms in total. The average Bonchev–Trinajstić information content (AvgIpc) is 3.88. The monoisotopic (exact) mass is 783 g/mol. The fourth-order valence-corrected chi connectivity index (χ4v) is 7.24. The highest BCUT2D eigenvalue weighted by Gasteiger charge is 2.43. The Labute approximate surface area is 324 Å². The van der Waals surface area contributed by atoms with Crippen LogP contribution in [0.25, 0.3) is 11.3 Å². The first-order valence-corrected chi connectivity index (χ1v) is 18.9. The number of hydrogen-bond acceptors (Lipinski definition) is 7. The zero-order valence-electron chi connectivity index (χ0n) is 30.9. The Bertz CT molecular complexity index is 1950. The van der Waals surface area contributed by atoms with Crippen LogP contribution >= 0.6 is 23.2 Å². The van der Waals surface area contributed by atoms with Crippen LogP contribution in [0.5, 0.6) is 5.75 Å². The van der Waals surface area contributed by atoms with Gasteiger partial charge in [-0.25, -0.2) is 13.6 Å². The molecule has 0 radical (unpaired) electrons. The van der Waals surface area contributed by atoms with Crippen LogP contribution in [0, 0.1) is 17.6 Å². The highest BCUT2D eigenvalue weighted by atomic mass is 35.5. The van der Waals surface area contributed by atoms with Gasteiger partial charge < -0.3 is 28.5 Å². The van der Waals surface area contributed by atoms with E-state index in [1.165, 1.54) is 6.07 Å². The van der Waals surface area contributed by atoms with Gasteiger partial charge in [0.15, 0.2) is 5.76 Å². The summed E-state index contributed by atoms with van der Waals surface area (Å²) in [7, 11) is 1.69. The molecule has 54 heavy (non-hydrogen) atoms. The number of methoxy groups -OCH3 is 1. The van der Waals surface area contributed by atoms with Gasteiger partial charge in [-0.1, -0.05) is 52.6 Å². The van der Waals surface area contributed by atoms with Gasteiger partial charge >= 0.3 is 6.09 Å². The van der Waals surface area contributed by atoms with Crippen LogP contribution in [0.4, 0.5) is 13.6 Å². The first-order valence-electron chi connectivity index (χ1n) is 18.2. The van der Waals surface area contributed by atoms with Crippen molar-refractivity contribution in [3.8, 4) is 17.0 Å². The molecule has 4 aromatic rings. The van der Waals surface area contributed by atoms with E-state index in [-0.39, 0.29) is 53.1 Å². The number of hydrogen-bond donors (Lipinski definition) is 0. The van der Waals surface area contributed by atoms with Crippen molar-refractivity contribution in [1.29, 1.82) is 0 Å². The lowest BCUT2D eigenvalue weighted by molar-refractivity contribution is -0.139. The number of likely N-dealkylation sites (tertiary alicyclic amines) is 1. The molecule has 1 saturated carbocycles. The molecule has 1 aromatic heterocycles. The summed E-state index contributed by atoms with van der Waals surface area (Å²) in [4.78, 5) is 31.6. The predicted molar refractivity (Wildman–Crippen MR) is 202 cm³/mol. The van der Waals surface area contributed by atoms with Crippen molar-refractivity contribution < 1.29 is 37.1 Å². The summed E-state index contributed by atoms with van der Waals surface area (Å²) in [5.41, 5.74) is 2.16. The Kier molecular flexibility index (Phi) is 12.5. The van der Waals surface area contributed by atoms with E-state index in [0.29, 0.717) is 36.9 Å². The van der Waals surface area contributed by atoms with E-state index in [1.54, 1.807) is 12.0 Å². The minimum atomic E-state index is -0.766. The number of carbonyl (C=O) groups is 2. The van der Waals surface area contributed by atoms with Gasteiger partial charge in [0.2, 0.25) is 5.91 Å². The number of rotatable bonds is 13. The van der Waals surface area contributed by atoms with E-state index in [2.05, 4.69) is 11.2 Å². The van der Waals surface area contributed by atoms with Crippen LogP contribution in [0.2, 0.25) is 10.0 Å². The molecule has 1 saturated heterocycles. The molecule has 3 aromatic carbocycles. The molecule has 2 atom stereocenters. The highest BCUT2D eigenvalue weighted by molar-refractivity contribution is 6.33. The van der Waals surface area contributed by atoms with E-state index < -0.39 is 29.2 Å². The topological polar surface area (TPSA) is 94.3 Å². The number of ether oxygens (including phenoxy) is 3. The van der Waals surface area contributed by atoms with Crippen molar-refractivity contribution in [2.75, 3.05) is 26.8 Å². The maximum absolute atomic E-state index is 14.7. The quantitative estimate of drug-likeness (QED) is 0.0985. The standard InChI is InChI=1S/C41H45Cl2F2N3O6/c1-41(2,3)53-40(50)47-18-17-31(32(23-47)39(49)48(28-10-11-28)22-27-20-25(6-5-19-51-4)7-14-33(27)42)26-8-12-29(13-9-26)52-24-30-21-36(46-54-30)37-34(44)15-16-35(45)38(37)43/h7-9,12-16,20-21,28,31-32H,5-6,10-11,17-19,22-24H2,1-4H3/t31-,32+/m1/s1. The summed E-state index contributed by atoms with van der Waals surface area (Å²) >= 11 is 12.7. The Balaban J connectivity index is 1.19. The second-order valence-electron chi connectivity index (χ2n) is 14.9. The molecule has 288 valence electrons. The largest absolute Gasteiger partial charge is 0.486 e. The Morgan fingerprint density at radius 3 is 2.44 bits per heavy atom. The van der Waals surface area contributed by atoms with Gasteiger partial charge in [-0.05, 0) is 106 Å². The number of nitrogens with zero attached hydrogens (tertiary/aromatic N) is 3. The summed E-state index contributed by atoms with van der Waals surface area (Å²) in [5, 5.41) is 4.08. The zero-order valence-corrected chi connectivity index (χ0v) is 32.4. The second kappa shape index (κ2) is 17.1. The van der Waals surface area contributed by atoms with Crippen molar-refractivity contribution in [1.82, 2.24) is 15.0 Å². The van der Waals surface area contributed by atoms with E-state index in [4.69, 9.17) is 41.9 Å². The fraction of sp³-hybridized carbons (Fsp3) is 0.439. The first kappa shape index (κ1) is 39.5. The van der Waals surface area contributed by atoms with Crippen molar-refractivity contribution in [3.63, 3.8) is 0 Å². The van der Waals surface area contributed by atoms with Crippen molar-refractivity contribution in [2.45, 2.75) is 83.6 Å². The molecule has 1 aliphatic heterocycles. The maximum atomic E-state index is 14.7. The summed E-state index contributed by atoms with van der Waals surface area (Å²) in [6.45, 7) is 7.14. The van der Waals surface area contributed by atoms with Gasteiger partial charge in [0.05, 0.1) is 16.5 Å². The predicted octanol–water partition coefficient (Wildman–Crippen LogP) is 9.62. The summed E-state index contributed by atoms with van der Waals surface area (Å²) < 4.78 is 50.6. The Morgan fingerprint density at radius 2 is 1.74 bits per heavy atom. The maximum Gasteiger partial charge on any atom is 0.410 e. The molecule has 6 rings (SSSR count). The van der Waals surface area contributed by atoms with Gasteiger partial charge in [-0.3, -0.25) is 4.79 Å². The van der Waals surface area contributed by atoms with Gasteiger partial charge in [0.1, 0.15) is 35.3 Å². The van der Waals surface area contributed by atoms with Crippen LogP contribution in [0.15, 0.2) is 65.2 Å². The van der Waals surface area contributed by atoms with E-state index in [9.17, 15) is 18.4 Å². The lowest BCUT2D eigenvalue weighted by Gasteiger charge is -2.40. The number of halogens is 4. The van der Waals surface area contributed by atoms with E-state index in [1.807, 2.05) is 62.1 Å². The number of aromatic nitrogens is 1. The molecule has 2 heterocycles. The zero-order chi connectivity index (χ0) is 38.6. The summed E-state index contributed by atoms with van der Waals surface area (Å²) in [6, 6.07) is 16.9. The van der Waals surface area contributed by atoms with Gasteiger partial charge in [0, 0.05) is 50.5 Å². The molecule has 2 amide bonds. The van der Waals surface area contributed by atoms with Gasteiger partial charge in [-0.2, -0.15) is 0 Å². The molecule has 0 spiro atoms. The molecular weight excluding hydrogens is 739 g/mol. The van der Waals surface area contributed by atoms with Crippen molar-refractivity contribution in [2.24, 2.45) is 5.92 Å². The minimum absolute atomic E-state index is 0.0205. The molecule has 0 unspecified atom stereocenters. The van der Waals surface area contributed by atoms with Crippen LogP contribution < -0.4 is 4.74 Å². The Hall–Kier alpha value is -4.19. The van der Waals surface area contributed by atoms with Gasteiger partial charge in [0.25, 0.3) is 0 Å². The van der Waals surface area contributed by atoms with E-state index in [0.717, 1.165) is 54.5 Å².